The van der Waals surface area contributed by atoms with Crippen molar-refractivity contribution in [3.8, 4) is 0 Å². The maximum Gasteiger partial charge on any atom is 0.255 e. The Labute approximate surface area is 125 Å². The molecular weight excluding hydrogens is 351 g/mol. The van der Waals surface area contributed by atoms with Gasteiger partial charge in [-0.1, -0.05) is 6.07 Å². The van der Waals surface area contributed by atoms with Gasteiger partial charge in [0, 0.05) is 27.9 Å². The summed E-state index contributed by atoms with van der Waals surface area (Å²) in [6.45, 7) is 1.74. The lowest BCUT2D eigenvalue weighted by atomic mass is 10.1. The van der Waals surface area contributed by atoms with E-state index in [0.29, 0.717) is 5.56 Å². The molecule has 0 aliphatic carbocycles. The van der Waals surface area contributed by atoms with Gasteiger partial charge in [0.05, 0.1) is 0 Å². The summed E-state index contributed by atoms with van der Waals surface area (Å²) in [4.78, 5) is 12.2. The molecule has 3 rings (SSSR count). The standard InChI is InChI=1S/C15H13IN2O/c16-13-3-5-14(6-4-13)18-15(19)10-1-2-11-8-17-9-12(11)7-10/h1-7,17H,8-9H2,(H,18,19). The average Bonchev–Trinajstić information content (AvgIpc) is 2.88. The van der Waals surface area contributed by atoms with Gasteiger partial charge in [0.2, 0.25) is 0 Å². The molecule has 0 saturated carbocycles. The van der Waals surface area contributed by atoms with Crippen molar-refractivity contribution in [1.29, 1.82) is 0 Å². The molecule has 2 N–H and O–H groups in total. The van der Waals surface area contributed by atoms with E-state index in [9.17, 15) is 4.79 Å². The Balaban J connectivity index is 1.78. The highest BCUT2D eigenvalue weighted by Gasteiger charge is 2.13. The topological polar surface area (TPSA) is 41.1 Å². The molecule has 1 aliphatic heterocycles. The summed E-state index contributed by atoms with van der Waals surface area (Å²) in [5.74, 6) is -0.0593. The minimum Gasteiger partial charge on any atom is -0.322 e. The molecule has 2 aromatic carbocycles. The van der Waals surface area contributed by atoms with E-state index in [-0.39, 0.29) is 5.91 Å². The van der Waals surface area contributed by atoms with E-state index >= 15 is 0 Å². The van der Waals surface area contributed by atoms with Gasteiger partial charge in [-0.2, -0.15) is 0 Å². The highest BCUT2D eigenvalue weighted by Crippen LogP contribution is 2.18. The van der Waals surface area contributed by atoms with Crippen LogP contribution in [-0.2, 0) is 13.1 Å². The quantitative estimate of drug-likeness (QED) is 0.804. The SMILES string of the molecule is O=C(Nc1ccc(I)cc1)c1ccc2c(c1)CNC2. The van der Waals surface area contributed by atoms with Crippen molar-refractivity contribution in [2.75, 3.05) is 5.32 Å². The van der Waals surface area contributed by atoms with Crippen LogP contribution in [0.25, 0.3) is 0 Å². The molecule has 0 bridgehead atoms. The van der Waals surface area contributed by atoms with Gasteiger partial charge in [-0.05, 0) is 70.1 Å². The second-order valence-electron chi connectivity index (χ2n) is 4.55. The normalized spacial score (nSPS) is 13.1. The van der Waals surface area contributed by atoms with E-state index in [2.05, 4.69) is 33.2 Å². The van der Waals surface area contributed by atoms with Crippen LogP contribution in [0.5, 0.6) is 0 Å². The first kappa shape index (κ1) is 12.6. The van der Waals surface area contributed by atoms with Gasteiger partial charge in [0.1, 0.15) is 0 Å². The van der Waals surface area contributed by atoms with Crippen molar-refractivity contribution >= 4 is 34.2 Å². The second-order valence-corrected chi connectivity index (χ2v) is 5.79. The number of benzene rings is 2. The molecular formula is C15H13IN2O. The Hall–Kier alpha value is -1.40. The summed E-state index contributed by atoms with van der Waals surface area (Å²) in [5, 5.41) is 6.19. The van der Waals surface area contributed by atoms with Gasteiger partial charge in [0.15, 0.2) is 0 Å². The largest absolute Gasteiger partial charge is 0.322 e. The van der Waals surface area contributed by atoms with E-state index in [4.69, 9.17) is 0 Å². The van der Waals surface area contributed by atoms with Crippen LogP contribution in [0.2, 0.25) is 0 Å². The summed E-state index contributed by atoms with van der Waals surface area (Å²) < 4.78 is 1.15. The van der Waals surface area contributed by atoms with Crippen LogP contribution >= 0.6 is 22.6 Å². The van der Waals surface area contributed by atoms with Gasteiger partial charge in [-0.15, -0.1) is 0 Å². The monoisotopic (exact) mass is 364 g/mol. The molecule has 0 aromatic heterocycles. The molecule has 1 heterocycles. The number of anilines is 1. The van der Waals surface area contributed by atoms with Crippen LogP contribution in [0, 0.1) is 3.57 Å². The number of halogens is 1. The van der Waals surface area contributed by atoms with E-state index in [1.807, 2.05) is 42.5 Å². The number of hydrogen-bond donors (Lipinski definition) is 2. The molecule has 0 radical (unpaired) electrons. The van der Waals surface area contributed by atoms with E-state index in [1.165, 1.54) is 11.1 Å². The molecule has 96 valence electrons. The molecule has 4 heteroatoms. The van der Waals surface area contributed by atoms with Crippen molar-refractivity contribution in [1.82, 2.24) is 5.32 Å². The molecule has 0 unspecified atom stereocenters. The second kappa shape index (κ2) is 5.30. The summed E-state index contributed by atoms with van der Waals surface area (Å²) >= 11 is 2.24. The zero-order valence-corrected chi connectivity index (χ0v) is 12.4. The lowest BCUT2D eigenvalue weighted by Crippen LogP contribution is -2.12. The first-order valence-corrected chi connectivity index (χ1v) is 7.20. The summed E-state index contributed by atoms with van der Waals surface area (Å²) in [6, 6.07) is 13.7. The first-order chi connectivity index (χ1) is 9.22. The van der Waals surface area contributed by atoms with E-state index < -0.39 is 0 Å². The van der Waals surface area contributed by atoms with E-state index in [0.717, 1.165) is 22.3 Å². The predicted octanol–water partition coefficient (Wildman–Crippen LogP) is 3.15. The number of hydrogen-bond acceptors (Lipinski definition) is 2. The van der Waals surface area contributed by atoms with Crippen molar-refractivity contribution < 1.29 is 4.79 Å². The Kier molecular flexibility index (Phi) is 3.52. The van der Waals surface area contributed by atoms with Crippen LogP contribution in [-0.4, -0.2) is 5.91 Å². The van der Waals surface area contributed by atoms with Gasteiger partial charge in [-0.3, -0.25) is 4.79 Å². The Morgan fingerprint density at radius 1 is 1.05 bits per heavy atom. The molecule has 0 atom stereocenters. The van der Waals surface area contributed by atoms with Crippen LogP contribution in [0.1, 0.15) is 21.5 Å². The summed E-state index contributed by atoms with van der Waals surface area (Å²) in [6.07, 6.45) is 0. The molecule has 19 heavy (non-hydrogen) atoms. The molecule has 0 spiro atoms. The highest BCUT2D eigenvalue weighted by molar-refractivity contribution is 14.1. The van der Waals surface area contributed by atoms with Crippen molar-refractivity contribution in [3.63, 3.8) is 0 Å². The third-order valence-electron chi connectivity index (χ3n) is 3.20. The maximum absolute atomic E-state index is 12.2. The van der Waals surface area contributed by atoms with Crippen molar-refractivity contribution in [2.45, 2.75) is 13.1 Å². The molecule has 2 aromatic rings. The fourth-order valence-electron chi connectivity index (χ4n) is 2.17. The number of amides is 1. The zero-order valence-electron chi connectivity index (χ0n) is 10.2. The van der Waals surface area contributed by atoms with Gasteiger partial charge >= 0.3 is 0 Å². The zero-order chi connectivity index (χ0) is 13.2. The Bertz CT molecular complexity index is 623. The lowest BCUT2D eigenvalue weighted by Gasteiger charge is -2.07. The maximum atomic E-state index is 12.2. The molecule has 3 nitrogen and oxygen atoms in total. The van der Waals surface area contributed by atoms with E-state index in [1.54, 1.807) is 0 Å². The van der Waals surface area contributed by atoms with Crippen LogP contribution in [0.15, 0.2) is 42.5 Å². The van der Waals surface area contributed by atoms with Crippen molar-refractivity contribution in [2.24, 2.45) is 0 Å². The summed E-state index contributed by atoms with van der Waals surface area (Å²) in [7, 11) is 0. The molecule has 0 fully saturated rings. The highest BCUT2D eigenvalue weighted by atomic mass is 127. The predicted molar refractivity (Wildman–Crippen MR) is 84.1 cm³/mol. The fraction of sp³-hybridized carbons (Fsp3) is 0.133. The Morgan fingerprint density at radius 3 is 2.58 bits per heavy atom. The third kappa shape index (κ3) is 2.79. The molecule has 0 saturated heterocycles. The smallest absolute Gasteiger partial charge is 0.255 e. The lowest BCUT2D eigenvalue weighted by molar-refractivity contribution is 0.102. The molecule has 1 amide bonds. The van der Waals surface area contributed by atoms with Gasteiger partial charge < -0.3 is 10.6 Å². The first-order valence-electron chi connectivity index (χ1n) is 6.12. The van der Waals surface area contributed by atoms with Crippen LogP contribution in [0.3, 0.4) is 0 Å². The minimum absolute atomic E-state index is 0.0593. The van der Waals surface area contributed by atoms with Gasteiger partial charge in [0.25, 0.3) is 5.91 Å². The minimum atomic E-state index is -0.0593. The average molecular weight is 364 g/mol. The van der Waals surface area contributed by atoms with Gasteiger partial charge in [-0.25, -0.2) is 0 Å². The van der Waals surface area contributed by atoms with Crippen LogP contribution in [0.4, 0.5) is 5.69 Å². The fourth-order valence-corrected chi connectivity index (χ4v) is 2.53. The number of fused-ring (bicyclic) bond motifs is 1. The third-order valence-corrected chi connectivity index (χ3v) is 3.92. The summed E-state index contributed by atoms with van der Waals surface area (Å²) in [5.41, 5.74) is 4.03. The Morgan fingerprint density at radius 2 is 1.79 bits per heavy atom. The van der Waals surface area contributed by atoms with Crippen LogP contribution < -0.4 is 10.6 Å². The number of nitrogens with one attached hydrogen (secondary N) is 2. The number of carbonyl (C=O) groups is 1. The molecule has 1 aliphatic rings. The van der Waals surface area contributed by atoms with Crippen molar-refractivity contribution in [3.05, 3.63) is 62.7 Å². The number of carbonyl (C=O) groups excluding carboxylic acids is 1. The number of rotatable bonds is 2.